The lowest BCUT2D eigenvalue weighted by Gasteiger charge is -2.21. The van der Waals surface area contributed by atoms with Crippen LogP contribution in [0.1, 0.15) is 34.4 Å². The van der Waals surface area contributed by atoms with Crippen LogP contribution in [0.5, 0.6) is 0 Å². The summed E-state index contributed by atoms with van der Waals surface area (Å²) in [6.45, 7) is 6.96. The fraction of sp³-hybridized carbons (Fsp3) is 0.389. The fourth-order valence-corrected chi connectivity index (χ4v) is 2.46. The highest BCUT2D eigenvalue weighted by molar-refractivity contribution is 5.95. The Morgan fingerprint density at radius 2 is 1.77 bits per heavy atom. The van der Waals surface area contributed by atoms with Gasteiger partial charge in [0.1, 0.15) is 11.5 Å². The van der Waals surface area contributed by atoms with Crippen LogP contribution in [0, 0.1) is 13.8 Å². The zero-order chi connectivity index (χ0) is 16.3. The van der Waals surface area contributed by atoms with Gasteiger partial charge >= 0.3 is 0 Å². The van der Waals surface area contributed by atoms with Crippen molar-refractivity contribution in [1.29, 1.82) is 0 Å². The highest BCUT2D eigenvalue weighted by atomic mass is 16.3. The number of anilines is 1. The van der Waals surface area contributed by atoms with Crippen molar-refractivity contribution in [3.05, 3.63) is 53.0 Å². The van der Waals surface area contributed by atoms with Gasteiger partial charge < -0.3 is 14.2 Å². The monoisotopic (exact) mass is 300 g/mol. The third-order valence-corrected chi connectivity index (χ3v) is 3.77. The second kappa shape index (κ2) is 6.69. The number of nitrogens with zero attached hydrogens (tertiary/aromatic N) is 2. The third-order valence-electron chi connectivity index (χ3n) is 3.77. The molecule has 118 valence electrons. The van der Waals surface area contributed by atoms with Crippen molar-refractivity contribution in [2.24, 2.45) is 0 Å². The average molecular weight is 300 g/mol. The average Bonchev–Trinajstić information content (AvgIpc) is 2.83. The van der Waals surface area contributed by atoms with Crippen molar-refractivity contribution in [1.82, 2.24) is 4.90 Å². The fourth-order valence-electron chi connectivity index (χ4n) is 2.46. The molecule has 4 heteroatoms. The van der Waals surface area contributed by atoms with E-state index in [0.29, 0.717) is 24.4 Å². The Morgan fingerprint density at radius 3 is 2.23 bits per heavy atom. The first-order valence-electron chi connectivity index (χ1n) is 7.55. The van der Waals surface area contributed by atoms with Crippen molar-refractivity contribution >= 4 is 11.6 Å². The van der Waals surface area contributed by atoms with Crippen LogP contribution in [0.4, 0.5) is 5.69 Å². The van der Waals surface area contributed by atoms with E-state index in [1.165, 1.54) is 0 Å². The van der Waals surface area contributed by atoms with Gasteiger partial charge in [-0.05, 0) is 44.5 Å². The van der Waals surface area contributed by atoms with Crippen molar-refractivity contribution < 1.29 is 9.21 Å². The Hall–Kier alpha value is -2.23. The molecule has 1 aromatic heterocycles. The molecule has 0 aliphatic heterocycles. The largest absolute Gasteiger partial charge is 0.466 e. The van der Waals surface area contributed by atoms with Crippen LogP contribution >= 0.6 is 0 Å². The summed E-state index contributed by atoms with van der Waals surface area (Å²) in [6.07, 6.45) is 0. The van der Waals surface area contributed by atoms with Gasteiger partial charge in [-0.25, -0.2) is 0 Å². The predicted molar refractivity (Wildman–Crippen MR) is 89.4 cm³/mol. The first-order valence-corrected chi connectivity index (χ1v) is 7.55. The summed E-state index contributed by atoms with van der Waals surface area (Å²) in [7, 11) is 4.03. The number of carbonyl (C=O) groups excluding carboxylic acids is 1. The molecular weight excluding hydrogens is 276 g/mol. The number of amides is 1. The zero-order valence-corrected chi connectivity index (χ0v) is 14.0. The standard InChI is InChI=1S/C18H24N2O2/c1-6-20(18(21)17-11-13(2)22-14(17)3)12-15-7-9-16(10-8-15)19(4)5/h7-11H,6,12H2,1-5H3. The molecule has 0 saturated carbocycles. The highest BCUT2D eigenvalue weighted by Crippen LogP contribution is 2.18. The lowest BCUT2D eigenvalue weighted by molar-refractivity contribution is 0.0751. The van der Waals surface area contributed by atoms with Crippen LogP contribution in [-0.4, -0.2) is 31.4 Å². The van der Waals surface area contributed by atoms with Crippen LogP contribution in [0.3, 0.4) is 0 Å². The molecule has 0 aliphatic carbocycles. The van der Waals surface area contributed by atoms with Crippen LogP contribution in [0.2, 0.25) is 0 Å². The summed E-state index contributed by atoms with van der Waals surface area (Å²) in [5.41, 5.74) is 2.93. The van der Waals surface area contributed by atoms with E-state index in [1.54, 1.807) is 0 Å². The normalized spacial score (nSPS) is 10.6. The topological polar surface area (TPSA) is 36.7 Å². The molecule has 0 aliphatic rings. The minimum absolute atomic E-state index is 0.0218. The smallest absolute Gasteiger partial charge is 0.257 e. The van der Waals surface area contributed by atoms with E-state index < -0.39 is 0 Å². The van der Waals surface area contributed by atoms with Gasteiger partial charge in [-0.3, -0.25) is 4.79 Å². The van der Waals surface area contributed by atoms with Gasteiger partial charge in [-0.15, -0.1) is 0 Å². The maximum absolute atomic E-state index is 12.6. The Bertz CT molecular complexity index is 642. The third kappa shape index (κ3) is 3.50. The predicted octanol–water partition coefficient (Wildman–Crippen LogP) is 3.62. The van der Waals surface area contributed by atoms with Crippen LogP contribution < -0.4 is 4.90 Å². The maximum Gasteiger partial charge on any atom is 0.257 e. The van der Waals surface area contributed by atoms with Gasteiger partial charge in [-0.1, -0.05) is 12.1 Å². The molecule has 2 rings (SSSR count). The number of carbonyl (C=O) groups is 1. The maximum atomic E-state index is 12.6. The zero-order valence-electron chi connectivity index (χ0n) is 14.0. The van der Waals surface area contributed by atoms with E-state index in [1.807, 2.05) is 45.8 Å². The number of aryl methyl sites for hydroxylation is 2. The second-order valence-corrected chi connectivity index (χ2v) is 5.71. The van der Waals surface area contributed by atoms with Crippen LogP contribution in [0.25, 0.3) is 0 Å². The number of rotatable bonds is 5. The molecule has 22 heavy (non-hydrogen) atoms. The van der Waals surface area contributed by atoms with Crippen molar-refractivity contribution in [2.45, 2.75) is 27.3 Å². The lowest BCUT2D eigenvalue weighted by Crippen LogP contribution is -2.30. The van der Waals surface area contributed by atoms with Gasteiger partial charge in [0.2, 0.25) is 0 Å². The molecule has 1 aromatic carbocycles. The van der Waals surface area contributed by atoms with Gasteiger partial charge in [0.15, 0.2) is 0 Å². The molecule has 0 spiro atoms. The van der Waals surface area contributed by atoms with Crippen LogP contribution in [-0.2, 0) is 6.54 Å². The molecule has 1 amide bonds. The second-order valence-electron chi connectivity index (χ2n) is 5.71. The first-order chi connectivity index (χ1) is 10.4. The Kier molecular flexibility index (Phi) is 4.91. The molecule has 2 aromatic rings. The molecule has 0 saturated heterocycles. The minimum Gasteiger partial charge on any atom is -0.466 e. The Morgan fingerprint density at radius 1 is 1.14 bits per heavy atom. The van der Waals surface area contributed by atoms with E-state index in [-0.39, 0.29) is 5.91 Å². The summed E-state index contributed by atoms with van der Waals surface area (Å²) in [5, 5.41) is 0. The molecule has 0 N–H and O–H groups in total. The van der Waals surface area contributed by atoms with E-state index in [9.17, 15) is 4.79 Å². The van der Waals surface area contributed by atoms with Crippen LogP contribution in [0.15, 0.2) is 34.7 Å². The summed E-state index contributed by atoms with van der Waals surface area (Å²) in [4.78, 5) is 16.5. The summed E-state index contributed by atoms with van der Waals surface area (Å²) >= 11 is 0. The van der Waals surface area contributed by atoms with E-state index >= 15 is 0 Å². The first kappa shape index (κ1) is 16.1. The van der Waals surface area contributed by atoms with E-state index in [0.717, 1.165) is 17.0 Å². The molecule has 0 fully saturated rings. The SMILES string of the molecule is CCN(Cc1ccc(N(C)C)cc1)C(=O)c1cc(C)oc1C. The summed E-state index contributed by atoms with van der Waals surface area (Å²) < 4.78 is 5.47. The summed E-state index contributed by atoms with van der Waals surface area (Å²) in [6, 6.07) is 10.1. The summed E-state index contributed by atoms with van der Waals surface area (Å²) in [5.74, 6) is 1.48. The number of hydrogen-bond donors (Lipinski definition) is 0. The number of benzene rings is 1. The molecule has 0 bridgehead atoms. The number of furan rings is 1. The van der Waals surface area contributed by atoms with Crippen molar-refractivity contribution in [3.63, 3.8) is 0 Å². The quantitative estimate of drug-likeness (QED) is 0.846. The van der Waals surface area contributed by atoms with Crippen molar-refractivity contribution in [3.8, 4) is 0 Å². The van der Waals surface area contributed by atoms with Crippen molar-refractivity contribution in [2.75, 3.05) is 25.5 Å². The molecular formula is C18H24N2O2. The molecule has 0 radical (unpaired) electrons. The molecule has 0 atom stereocenters. The van der Waals surface area contributed by atoms with E-state index in [2.05, 4.69) is 29.2 Å². The minimum atomic E-state index is 0.0218. The van der Waals surface area contributed by atoms with E-state index in [4.69, 9.17) is 4.42 Å². The van der Waals surface area contributed by atoms with Gasteiger partial charge in [0.05, 0.1) is 5.56 Å². The Labute approximate surface area is 132 Å². The van der Waals surface area contributed by atoms with Gasteiger partial charge in [-0.2, -0.15) is 0 Å². The highest BCUT2D eigenvalue weighted by Gasteiger charge is 2.19. The molecule has 0 unspecified atom stereocenters. The Balaban J connectivity index is 2.15. The molecule has 1 heterocycles. The van der Waals surface area contributed by atoms with Gasteiger partial charge in [0, 0.05) is 32.9 Å². The lowest BCUT2D eigenvalue weighted by atomic mass is 10.1. The van der Waals surface area contributed by atoms with Gasteiger partial charge in [0.25, 0.3) is 5.91 Å². The molecule has 4 nitrogen and oxygen atoms in total. The number of hydrogen-bond acceptors (Lipinski definition) is 3.